The Bertz CT molecular complexity index is 665. The van der Waals surface area contributed by atoms with E-state index in [4.69, 9.17) is 4.98 Å². The molecule has 3 nitrogen and oxygen atoms in total. The molecule has 0 spiro atoms. The highest BCUT2D eigenvalue weighted by atomic mass is 32.2. The summed E-state index contributed by atoms with van der Waals surface area (Å²) in [7, 11) is 0. The van der Waals surface area contributed by atoms with Gasteiger partial charge >= 0.3 is 0 Å². The smallest absolute Gasteiger partial charge is 0.0835 e. The number of fused-ring (bicyclic) bond motifs is 1. The number of rotatable bonds is 4. The molecule has 2 heterocycles. The molecule has 0 saturated carbocycles. The summed E-state index contributed by atoms with van der Waals surface area (Å²) in [5.74, 6) is 2.10. The Labute approximate surface area is 136 Å². The molecule has 0 radical (unpaired) electrons. The van der Waals surface area contributed by atoms with Crippen LogP contribution < -0.4 is 5.32 Å². The van der Waals surface area contributed by atoms with Crippen molar-refractivity contribution in [2.75, 3.05) is 23.4 Å². The summed E-state index contributed by atoms with van der Waals surface area (Å²) in [6, 6.07) is 8.24. The summed E-state index contributed by atoms with van der Waals surface area (Å²) in [4.78, 5) is 4.71. The number of aliphatic hydroxyl groups is 1. The van der Waals surface area contributed by atoms with Gasteiger partial charge < -0.3 is 10.4 Å². The second kappa shape index (κ2) is 6.47. The van der Waals surface area contributed by atoms with Crippen LogP contribution >= 0.6 is 11.8 Å². The minimum Gasteiger partial charge on any atom is -0.388 e. The molecule has 22 heavy (non-hydrogen) atoms. The minimum atomic E-state index is -0.575. The lowest BCUT2D eigenvalue weighted by atomic mass is 9.96. The lowest BCUT2D eigenvalue weighted by Gasteiger charge is -2.32. The first-order chi connectivity index (χ1) is 10.6. The summed E-state index contributed by atoms with van der Waals surface area (Å²) in [6.07, 6.45) is 2.68. The van der Waals surface area contributed by atoms with Crippen LogP contribution in [0.4, 0.5) is 5.69 Å². The van der Waals surface area contributed by atoms with E-state index in [1.807, 2.05) is 17.8 Å². The summed E-state index contributed by atoms with van der Waals surface area (Å²) in [5, 5.41) is 15.5. The highest BCUT2D eigenvalue weighted by Crippen LogP contribution is 2.31. The van der Waals surface area contributed by atoms with E-state index in [9.17, 15) is 5.11 Å². The Morgan fingerprint density at radius 3 is 2.73 bits per heavy atom. The SMILES string of the molecule is CCc1c(C)nc2ccccc2c1NCC1(O)CCSCC1. The molecular weight excluding hydrogens is 292 g/mol. The lowest BCUT2D eigenvalue weighted by molar-refractivity contribution is 0.0454. The monoisotopic (exact) mass is 316 g/mol. The normalized spacial score (nSPS) is 17.6. The summed E-state index contributed by atoms with van der Waals surface area (Å²) < 4.78 is 0. The van der Waals surface area contributed by atoms with Gasteiger partial charge in [0, 0.05) is 23.3 Å². The minimum absolute atomic E-state index is 0.575. The van der Waals surface area contributed by atoms with Crippen molar-refractivity contribution in [2.45, 2.75) is 38.7 Å². The van der Waals surface area contributed by atoms with Crippen LogP contribution in [0, 0.1) is 6.92 Å². The third-order valence-corrected chi connectivity index (χ3v) is 5.56. The molecule has 2 N–H and O–H groups in total. The molecule has 2 aromatic rings. The molecule has 0 atom stereocenters. The lowest BCUT2D eigenvalue weighted by Crippen LogP contribution is -2.40. The van der Waals surface area contributed by atoms with E-state index in [1.54, 1.807) is 0 Å². The molecule has 1 aromatic carbocycles. The summed E-state index contributed by atoms with van der Waals surface area (Å²) >= 11 is 1.93. The maximum Gasteiger partial charge on any atom is 0.0835 e. The first-order valence-electron chi connectivity index (χ1n) is 8.05. The highest BCUT2D eigenvalue weighted by molar-refractivity contribution is 7.99. The van der Waals surface area contributed by atoms with Crippen LogP contribution in [0.1, 0.15) is 31.0 Å². The van der Waals surface area contributed by atoms with E-state index in [2.05, 4.69) is 37.4 Å². The highest BCUT2D eigenvalue weighted by Gasteiger charge is 2.29. The van der Waals surface area contributed by atoms with Gasteiger partial charge in [0.2, 0.25) is 0 Å². The van der Waals surface area contributed by atoms with Crippen LogP contribution in [0.5, 0.6) is 0 Å². The molecule has 0 aliphatic carbocycles. The van der Waals surface area contributed by atoms with Crippen molar-refractivity contribution in [3.63, 3.8) is 0 Å². The zero-order valence-electron chi connectivity index (χ0n) is 13.4. The van der Waals surface area contributed by atoms with Crippen molar-refractivity contribution < 1.29 is 5.11 Å². The number of thioether (sulfide) groups is 1. The number of para-hydroxylation sites is 1. The molecule has 118 valence electrons. The van der Waals surface area contributed by atoms with E-state index in [1.165, 1.54) is 5.56 Å². The Balaban J connectivity index is 1.94. The maximum absolute atomic E-state index is 10.7. The van der Waals surface area contributed by atoms with Gasteiger partial charge in [0.05, 0.1) is 11.1 Å². The van der Waals surface area contributed by atoms with E-state index < -0.39 is 5.60 Å². The average molecular weight is 316 g/mol. The van der Waals surface area contributed by atoms with Crippen LogP contribution in [0.15, 0.2) is 24.3 Å². The molecule has 0 bridgehead atoms. The predicted octanol–water partition coefficient (Wildman–Crippen LogP) is 3.78. The molecule has 1 saturated heterocycles. The number of aromatic nitrogens is 1. The summed E-state index contributed by atoms with van der Waals surface area (Å²) in [5.41, 5.74) is 3.93. The van der Waals surface area contributed by atoms with Crippen LogP contribution in [0.2, 0.25) is 0 Å². The topological polar surface area (TPSA) is 45.2 Å². The van der Waals surface area contributed by atoms with Gasteiger partial charge in [0.15, 0.2) is 0 Å². The van der Waals surface area contributed by atoms with Gasteiger partial charge in [-0.05, 0) is 49.3 Å². The second-order valence-electron chi connectivity index (χ2n) is 6.11. The Hall–Kier alpha value is -1.26. The molecule has 1 fully saturated rings. The van der Waals surface area contributed by atoms with E-state index >= 15 is 0 Å². The first-order valence-corrected chi connectivity index (χ1v) is 9.21. The number of hydrogen-bond acceptors (Lipinski definition) is 4. The quantitative estimate of drug-likeness (QED) is 0.901. The van der Waals surface area contributed by atoms with Gasteiger partial charge in [-0.15, -0.1) is 0 Å². The molecule has 0 unspecified atom stereocenters. The third-order valence-electron chi connectivity index (χ3n) is 4.57. The number of nitrogens with zero attached hydrogens (tertiary/aromatic N) is 1. The number of pyridine rings is 1. The van der Waals surface area contributed by atoms with Gasteiger partial charge in [-0.25, -0.2) is 0 Å². The van der Waals surface area contributed by atoms with Crippen LogP contribution in [0.25, 0.3) is 10.9 Å². The van der Waals surface area contributed by atoms with Crippen LogP contribution in [-0.4, -0.2) is 33.7 Å². The van der Waals surface area contributed by atoms with Gasteiger partial charge in [-0.2, -0.15) is 11.8 Å². The number of hydrogen-bond donors (Lipinski definition) is 2. The molecule has 0 amide bonds. The fourth-order valence-corrected chi connectivity index (χ4v) is 4.44. The zero-order valence-corrected chi connectivity index (χ0v) is 14.2. The number of nitrogens with one attached hydrogen (secondary N) is 1. The largest absolute Gasteiger partial charge is 0.388 e. The summed E-state index contributed by atoms with van der Waals surface area (Å²) in [6.45, 7) is 4.85. The molecule has 1 aromatic heterocycles. The Morgan fingerprint density at radius 1 is 1.27 bits per heavy atom. The second-order valence-corrected chi connectivity index (χ2v) is 7.34. The van der Waals surface area contributed by atoms with E-state index in [0.717, 1.165) is 53.1 Å². The van der Waals surface area contributed by atoms with Crippen molar-refractivity contribution in [3.8, 4) is 0 Å². The zero-order chi connectivity index (χ0) is 15.6. The molecule has 3 rings (SSSR count). The molecule has 1 aliphatic heterocycles. The maximum atomic E-state index is 10.7. The van der Waals surface area contributed by atoms with Crippen LogP contribution in [-0.2, 0) is 6.42 Å². The van der Waals surface area contributed by atoms with Gasteiger partial charge in [0.1, 0.15) is 0 Å². The Kier molecular flexibility index (Phi) is 4.59. The average Bonchev–Trinajstić information content (AvgIpc) is 2.53. The third kappa shape index (κ3) is 3.08. The van der Waals surface area contributed by atoms with Gasteiger partial charge in [0.25, 0.3) is 0 Å². The fourth-order valence-electron chi connectivity index (χ4n) is 3.19. The molecule has 4 heteroatoms. The van der Waals surface area contributed by atoms with E-state index in [0.29, 0.717) is 6.54 Å². The van der Waals surface area contributed by atoms with Crippen molar-refractivity contribution in [2.24, 2.45) is 0 Å². The van der Waals surface area contributed by atoms with E-state index in [-0.39, 0.29) is 0 Å². The van der Waals surface area contributed by atoms with Crippen molar-refractivity contribution in [1.29, 1.82) is 0 Å². The standard InChI is InChI=1S/C18H24N2OS/c1-3-14-13(2)20-16-7-5-4-6-15(16)17(14)19-12-18(21)8-10-22-11-9-18/h4-7,21H,3,8-12H2,1-2H3,(H,19,20). The van der Waals surface area contributed by atoms with Crippen molar-refractivity contribution in [3.05, 3.63) is 35.5 Å². The van der Waals surface area contributed by atoms with Crippen molar-refractivity contribution in [1.82, 2.24) is 4.98 Å². The van der Waals surface area contributed by atoms with Crippen molar-refractivity contribution >= 4 is 28.4 Å². The first kappa shape index (κ1) is 15.6. The Morgan fingerprint density at radius 2 is 2.00 bits per heavy atom. The number of benzene rings is 1. The van der Waals surface area contributed by atoms with Gasteiger partial charge in [-0.3, -0.25) is 4.98 Å². The van der Waals surface area contributed by atoms with Gasteiger partial charge in [-0.1, -0.05) is 25.1 Å². The van der Waals surface area contributed by atoms with Crippen LogP contribution in [0.3, 0.4) is 0 Å². The molecular formula is C18H24N2OS. The number of anilines is 1. The fraction of sp³-hybridized carbons (Fsp3) is 0.500. The molecule has 1 aliphatic rings. The number of aryl methyl sites for hydroxylation is 1. The predicted molar refractivity (Wildman–Crippen MR) is 95.9 cm³/mol.